The zero-order valence-electron chi connectivity index (χ0n) is 13.4. The van der Waals surface area contributed by atoms with Crippen molar-refractivity contribution in [2.24, 2.45) is 5.92 Å². The van der Waals surface area contributed by atoms with Crippen LogP contribution in [0.4, 0.5) is 5.69 Å². The van der Waals surface area contributed by atoms with E-state index in [0.717, 1.165) is 39.3 Å². The van der Waals surface area contributed by atoms with Crippen LogP contribution in [0.5, 0.6) is 0 Å². The van der Waals surface area contributed by atoms with Crippen LogP contribution in [0.15, 0.2) is 22.7 Å². The SMILES string of the molecule is CCC1COCCN1c1ccc(CNCC(C)C)cc1Br. The molecule has 0 amide bonds. The Morgan fingerprint density at radius 3 is 2.90 bits per heavy atom. The van der Waals surface area contributed by atoms with Gasteiger partial charge in [-0.1, -0.05) is 26.8 Å². The van der Waals surface area contributed by atoms with Gasteiger partial charge in [0, 0.05) is 17.6 Å². The van der Waals surface area contributed by atoms with E-state index in [0.29, 0.717) is 12.0 Å². The second-order valence-corrected chi connectivity index (χ2v) is 7.00. The number of hydrogen-bond acceptors (Lipinski definition) is 3. The summed E-state index contributed by atoms with van der Waals surface area (Å²) >= 11 is 3.75. The molecule has 0 saturated carbocycles. The van der Waals surface area contributed by atoms with E-state index in [1.807, 2.05) is 0 Å². The zero-order chi connectivity index (χ0) is 15.2. The Labute approximate surface area is 137 Å². The third-order valence-corrected chi connectivity index (χ3v) is 4.54. The summed E-state index contributed by atoms with van der Waals surface area (Å²) in [5.41, 5.74) is 2.62. The second-order valence-electron chi connectivity index (χ2n) is 6.14. The zero-order valence-corrected chi connectivity index (χ0v) is 14.9. The van der Waals surface area contributed by atoms with Crippen LogP contribution >= 0.6 is 15.9 Å². The van der Waals surface area contributed by atoms with Crippen molar-refractivity contribution in [3.8, 4) is 0 Å². The first-order chi connectivity index (χ1) is 10.1. The van der Waals surface area contributed by atoms with Crippen LogP contribution in [0.3, 0.4) is 0 Å². The number of halogens is 1. The Kier molecular flexibility index (Phi) is 6.52. The molecule has 1 heterocycles. The average Bonchev–Trinajstić information content (AvgIpc) is 2.47. The van der Waals surface area contributed by atoms with Crippen LogP contribution in [0, 0.1) is 5.92 Å². The number of ether oxygens (including phenoxy) is 1. The van der Waals surface area contributed by atoms with Crippen molar-refractivity contribution in [3.05, 3.63) is 28.2 Å². The van der Waals surface area contributed by atoms with E-state index in [1.54, 1.807) is 0 Å². The molecule has 0 spiro atoms. The maximum Gasteiger partial charge on any atom is 0.0670 e. The van der Waals surface area contributed by atoms with Crippen molar-refractivity contribution in [3.63, 3.8) is 0 Å². The van der Waals surface area contributed by atoms with Gasteiger partial charge in [-0.15, -0.1) is 0 Å². The van der Waals surface area contributed by atoms with E-state index in [2.05, 4.69) is 65.1 Å². The summed E-state index contributed by atoms with van der Waals surface area (Å²) in [7, 11) is 0. The summed E-state index contributed by atoms with van der Waals surface area (Å²) in [5.74, 6) is 0.686. The predicted molar refractivity (Wildman–Crippen MR) is 92.9 cm³/mol. The van der Waals surface area contributed by atoms with Gasteiger partial charge in [-0.2, -0.15) is 0 Å². The van der Waals surface area contributed by atoms with Crippen LogP contribution in [-0.2, 0) is 11.3 Å². The van der Waals surface area contributed by atoms with Gasteiger partial charge in [0.1, 0.15) is 0 Å². The summed E-state index contributed by atoms with van der Waals surface area (Å²) < 4.78 is 6.78. The van der Waals surface area contributed by atoms with Crippen molar-refractivity contribution >= 4 is 21.6 Å². The molecule has 0 bridgehead atoms. The van der Waals surface area contributed by atoms with Crippen LogP contribution in [0.25, 0.3) is 0 Å². The minimum atomic E-state index is 0.486. The van der Waals surface area contributed by atoms with Gasteiger partial charge in [-0.3, -0.25) is 0 Å². The molecule has 1 aliphatic rings. The Morgan fingerprint density at radius 1 is 1.43 bits per heavy atom. The van der Waals surface area contributed by atoms with Gasteiger partial charge in [0.25, 0.3) is 0 Å². The fourth-order valence-electron chi connectivity index (χ4n) is 2.71. The molecule has 21 heavy (non-hydrogen) atoms. The van der Waals surface area contributed by atoms with E-state index < -0.39 is 0 Å². The Balaban J connectivity index is 2.04. The summed E-state index contributed by atoms with van der Waals surface area (Å²) in [6.45, 7) is 11.3. The van der Waals surface area contributed by atoms with Gasteiger partial charge in [0.15, 0.2) is 0 Å². The maximum atomic E-state index is 5.60. The molecule has 2 rings (SSSR count). The van der Waals surface area contributed by atoms with Gasteiger partial charge >= 0.3 is 0 Å². The lowest BCUT2D eigenvalue weighted by Crippen LogP contribution is -2.45. The highest BCUT2D eigenvalue weighted by Crippen LogP contribution is 2.30. The van der Waals surface area contributed by atoms with Gasteiger partial charge < -0.3 is 15.0 Å². The fourth-order valence-corrected chi connectivity index (χ4v) is 3.36. The molecule has 0 aromatic heterocycles. The summed E-state index contributed by atoms with van der Waals surface area (Å²) in [6.07, 6.45) is 1.12. The third kappa shape index (κ3) is 4.70. The van der Waals surface area contributed by atoms with E-state index in [-0.39, 0.29) is 0 Å². The summed E-state index contributed by atoms with van der Waals surface area (Å²) in [5, 5.41) is 3.49. The van der Waals surface area contributed by atoms with Crippen LogP contribution in [0.1, 0.15) is 32.8 Å². The largest absolute Gasteiger partial charge is 0.377 e. The molecule has 1 N–H and O–H groups in total. The molecule has 1 unspecified atom stereocenters. The smallest absolute Gasteiger partial charge is 0.0670 e. The lowest BCUT2D eigenvalue weighted by atomic mass is 10.1. The molecule has 0 radical (unpaired) electrons. The predicted octanol–water partition coefficient (Wildman–Crippen LogP) is 3.81. The fraction of sp³-hybridized carbons (Fsp3) is 0.647. The van der Waals surface area contributed by atoms with Gasteiger partial charge in [-0.05, 0) is 52.5 Å². The molecule has 1 fully saturated rings. The minimum absolute atomic E-state index is 0.486. The molecular weight excluding hydrogens is 328 g/mol. The lowest BCUT2D eigenvalue weighted by molar-refractivity contribution is 0.0929. The molecular formula is C17H27BrN2O. The topological polar surface area (TPSA) is 24.5 Å². The quantitative estimate of drug-likeness (QED) is 0.840. The highest BCUT2D eigenvalue weighted by Gasteiger charge is 2.23. The number of hydrogen-bond donors (Lipinski definition) is 1. The molecule has 1 aliphatic heterocycles. The molecule has 4 heteroatoms. The monoisotopic (exact) mass is 354 g/mol. The maximum absolute atomic E-state index is 5.60. The number of nitrogens with one attached hydrogen (secondary N) is 1. The molecule has 1 aromatic carbocycles. The van der Waals surface area contributed by atoms with Gasteiger partial charge in [0.2, 0.25) is 0 Å². The van der Waals surface area contributed by atoms with Crippen LogP contribution < -0.4 is 10.2 Å². The van der Waals surface area contributed by atoms with Crippen molar-refractivity contribution in [1.82, 2.24) is 5.32 Å². The summed E-state index contributed by atoms with van der Waals surface area (Å²) in [4.78, 5) is 2.47. The molecule has 1 saturated heterocycles. The minimum Gasteiger partial charge on any atom is -0.377 e. The number of morpholine rings is 1. The molecule has 1 atom stereocenters. The standard InChI is InChI=1S/C17H27BrN2O/c1-4-15-12-21-8-7-20(15)17-6-5-14(9-16(17)18)11-19-10-13(2)3/h5-6,9,13,15,19H,4,7-8,10-12H2,1-3H3. The second kappa shape index (κ2) is 8.16. The van der Waals surface area contributed by atoms with Gasteiger partial charge in [0.05, 0.1) is 24.9 Å². The third-order valence-electron chi connectivity index (χ3n) is 3.90. The van der Waals surface area contributed by atoms with Gasteiger partial charge in [-0.25, -0.2) is 0 Å². The Bertz CT molecular complexity index is 450. The lowest BCUT2D eigenvalue weighted by Gasteiger charge is -2.37. The number of anilines is 1. The first kappa shape index (κ1) is 16.8. The molecule has 0 aliphatic carbocycles. The van der Waals surface area contributed by atoms with E-state index >= 15 is 0 Å². The Hall–Kier alpha value is -0.580. The number of rotatable bonds is 6. The van der Waals surface area contributed by atoms with Crippen molar-refractivity contribution in [2.75, 3.05) is 31.2 Å². The first-order valence-electron chi connectivity index (χ1n) is 7.95. The highest BCUT2D eigenvalue weighted by atomic mass is 79.9. The van der Waals surface area contributed by atoms with E-state index in [1.165, 1.54) is 15.7 Å². The molecule has 1 aromatic rings. The Morgan fingerprint density at radius 2 is 2.24 bits per heavy atom. The molecule has 3 nitrogen and oxygen atoms in total. The van der Waals surface area contributed by atoms with Crippen molar-refractivity contribution in [2.45, 2.75) is 39.8 Å². The first-order valence-corrected chi connectivity index (χ1v) is 8.74. The van der Waals surface area contributed by atoms with E-state index in [9.17, 15) is 0 Å². The van der Waals surface area contributed by atoms with Crippen molar-refractivity contribution < 1.29 is 4.74 Å². The van der Waals surface area contributed by atoms with E-state index in [4.69, 9.17) is 4.74 Å². The molecule has 118 valence electrons. The van der Waals surface area contributed by atoms with Crippen LogP contribution in [-0.4, -0.2) is 32.3 Å². The summed E-state index contributed by atoms with van der Waals surface area (Å²) in [6, 6.07) is 7.20. The van der Waals surface area contributed by atoms with Crippen molar-refractivity contribution in [1.29, 1.82) is 0 Å². The number of benzene rings is 1. The highest BCUT2D eigenvalue weighted by molar-refractivity contribution is 9.10. The van der Waals surface area contributed by atoms with Crippen LogP contribution in [0.2, 0.25) is 0 Å². The normalized spacial score (nSPS) is 19.3. The number of nitrogens with zero attached hydrogens (tertiary/aromatic N) is 1. The average molecular weight is 355 g/mol.